The minimum absolute atomic E-state index is 0.0481. The number of halogens is 1. The van der Waals surface area contributed by atoms with E-state index in [4.69, 9.17) is 28.4 Å². The summed E-state index contributed by atoms with van der Waals surface area (Å²) in [4.78, 5) is 51.5. The highest BCUT2D eigenvalue weighted by molar-refractivity contribution is 9.09. The molecule has 71 heavy (non-hydrogen) atoms. The van der Waals surface area contributed by atoms with Gasteiger partial charge in [0.1, 0.15) is 34.6 Å². The number of carbonyl (C=O) groups excluding carboxylic acids is 4. The van der Waals surface area contributed by atoms with Crippen molar-refractivity contribution in [3.8, 4) is 34.0 Å². The molecule has 2 saturated carbocycles. The van der Waals surface area contributed by atoms with E-state index in [0.717, 1.165) is 63.3 Å². The summed E-state index contributed by atoms with van der Waals surface area (Å²) in [5, 5.41) is 2.55. The summed E-state index contributed by atoms with van der Waals surface area (Å²) in [7, 11) is 6.12. The van der Waals surface area contributed by atoms with Crippen LogP contribution in [0.15, 0.2) is 84.9 Å². The molecule has 0 bridgehead atoms. The van der Waals surface area contributed by atoms with Gasteiger partial charge in [-0.2, -0.15) is 0 Å². The van der Waals surface area contributed by atoms with Crippen LogP contribution in [0.3, 0.4) is 0 Å². The average Bonchev–Trinajstić information content (AvgIpc) is 3.91. The van der Waals surface area contributed by atoms with Crippen LogP contribution >= 0.6 is 15.9 Å². The van der Waals surface area contributed by atoms with Gasteiger partial charge in [0, 0.05) is 22.0 Å². The molecule has 2 fully saturated rings. The van der Waals surface area contributed by atoms with Gasteiger partial charge in [-0.25, -0.2) is 9.59 Å². The van der Waals surface area contributed by atoms with Gasteiger partial charge in [-0.05, 0) is 174 Å². The van der Waals surface area contributed by atoms with Crippen molar-refractivity contribution in [3.05, 3.63) is 107 Å². The van der Waals surface area contributed by atoms with Crippen molar-refractivity contribution in [2.75, 3.05) is 33.8 Å². The van der Waals surface area contributed by atoms with Crippen LogP contribution in [0.1, 0.15) is 149 Å². The van der Waals surface area contributed by atoms with E-state index in [1.807, 2.05) is 113 Å². The van der Waals surface area contributed by atoms with Crippen LogP contribution in [0, 0.1) is 0 Å². The zero-order valence-corrected chi connectivity index (χ0v) is 44.7. The third-order valence-electron chi connectivity index (χ3n) is 12.8. The van der Waals surface area contributed by atoms with Gasteiger partial charge in [0.05, 0.1) is 50.8 Å². The van der Waals surface area contributed by atoms with Gasteiger partial charge in [-0.3, -0.25) is 9.59 Å². The third-order valence-corrected chi connectivity index (χ3v) is 13.2. The maximum atomic E-state index is 13.1. The Balaban J connectivity index is 0.000000203. The van der Waals surface area contributed by atoms with Crippen LogP contribution in [0.25, 0.3) is 44.3 Å². The first-order valence-corrected chi connectivity index (χ1v) is 25.8. The van der Waals surface area contributed by atoms with E-state index >= 15 is 0 Å². The number of alkyl halides is 1. The molecular weight excluding hydrogens is 965 g/mol. The van der Waals surface area contributed by atoms with Gasteiger partial charge in [0.2, 0.25) is 0 Å². The molecule has 8 rings (SSSR count). The lowest BCUT2D eigenvalue weighted by Crippen LogP contribution is -2.26. The first-order chi connectivity index (χ1) is 33.9. The number of nitrogens with zero attached hydrogens (tertiary/aromatic N) is 1. The smallest absolute Gasteiger partial charge is 0.337 e. The van der Waals surface area contributed by atoms with Crippen molar-refractivity contribution in [1.82, 2.24) is 9.55 Å². The number of nitrogens with one attached hydrogen (secondary N) is 1. The van der Waals surface area contributed by atoms with Gasteiger partial charge >= 0.3 is 23.9 Å². The number of fused-ring (bicyclic) bond motifs is 2. The minimum atomic E-state index is -0.594. The van der Waals surface area contributed by atoms with E-state index in [0.29, 0.717) is 23.0 Å². The van der Waals surface area contributed by atoms with E-state index in [1.165, 1.54) is 82.1 Å². The molecule has 0 aliphatic heterocycles. The second-order valence-electron chi connectivity index (χ2n) is 20.2. The number of aromatic amines is 1. The number of ether oxygens (including phenoxy) is 6. The highest BCUT2D eigenvalue weighted by Gasteiger charge is 2.30. The van der Waals surface area contributed by atoms with E-state index in [2.05, 4.69) is 39.1 Å². The van der Waals surface area contributed by atoms with Gasteiger partial charge in [0.25, 0.3) is 0 Å². The lowest BCUT2D eigenvalue weighted by atomic mass is 9.82. The Morgan fingerprint density at radius 1 is 0.577 bits per heavy atom. The molecule has 0 unspecified atom stereocenters. The molecule has 2 aliphatic rings. The Morgan fingerprint density at radius 3 is 1.51 bits per heavy atom. The molecule has 2 aliphatic carbocycles. The topological polar surface area (TPSA) is 144 Å². The van der Waals surface area contributed by atoms with Crippen LogP contribution in [-0.2, 0) is 35.1 Å². The van der Waals surface area contributed by atoms with Crippen LogP contribution in [0.4, 0.5) is 0 Å². The number of carbonyl (C=O) groups is 4. The number of hydrogen-bond acceptors (Lipinski definition) is 10. The number of hydrogen-bond donors (Lipinski definition) is 1. The predicted octanol–water partition coefficient (Wildman–Crippen LogP) is 13.9. The molecule has 2 heterocycles. The molecule has 0 atom stereocenters. The third kappa shape index (κ3) is 14.1. The predicted molar refractivity (Wildman–Crippen MR) is 284 cm³/mol. The number of esters is 4. The molecule has 0 spiro atoms. The Kier molecular flexibility index (Phi) is 18.6. The fourth-order valence-corrected chi connectivity index (χ4v) is 9.90. The molecule has 0 saturated heterocycles. The summed E-state index contributed by atoms with van der Waals surface area (Å²) in [5.74, 6) is 1.31. The van der Waals surface area contributed by atoms with E-state index in [9.17, 15) is 19.2 Å². The van der Waals surface area contributed by atoms with E-state index in [-0.39, 0.29) is 35.4 Å². The zero-order chi connectivity index (χ0) is 51.5. The average molecular weight is 1040 g/mol. The number of methoxy groups -OCH3 is 4. The molecule has 4 aromatic carbocycles. The van der Waals surface area contributed by atoms with Gasteiger partial charge in [-0.15, -0.1) is 0 Å². The largest absolute Gasteiger partial charge is 0.497 e. The summed E-state index contributed by atoms with van der Waals surface area (Å²) >= 11 is 2.99. The van der Waals surface area contributed by atoms with Crippen molar-refractivity contribution in [2.24, 2.45) is 0 Å². The van der Waals surface area contributed by atoms with Crippen molar-refractivity contribution in [3.63, 3.8) is 0 Å². The van der Waals surface area contributed by atoms with Crippen molar-refractivity contribution in [2.45, 2.75) is 135 Å². The summed E-state index contributed by atoms with van der Waals surface area (Å²) in [6.45, 7) is 11.2. The number of H-pyrrole nitrogens is 1. The van der Waals surface area contributed by atoms with Crippen molar-refractivity contribution < 1.29 is 47.6 Å². The molecule has 12 nitrogen and oxygen atoms in total. The fourth-order valence-electron chi connectivity index (χ4n) is 9.79. The molecule has 380 valence electrons. The molecule has 1 N–H and O–H groups in total. The van der Waals surface area contributed by atoms with E-state index in [1.54, 1.807) is 14.2 Å². The maximum Gasteiger partial charge on any atom is 0.337 e. The van der Waals surface area contributed by atoms with Crippen LogP contribution in [0.5, 0.6) is 11.5 Å². The fraction of sp³-hybridized carbons (Fsp3) is 0.448. The highest BCUT2D eigenvalue weighted by atomic mass is 79.9. The van der Waals surface area contributed by atoms with Crippen molar-refractivity contribution >= 4 is 61.6 Å². The summed E-state index contributed by atoms with van der Waals surface area (Å²) in [6.07, 6.45) is 12.1. The summed E-state index contributed by atoms with van der Waals surface area (Å²) < 4.78 is 33.2. The molecule has 0 radical (unpaired) electrons. The first kappa shape index (κ1) is 54.3. The molecule has 6 aromatic rings. The standard InChI is InChI=1S/C29H35NO5.C23H25NO3.C6H11BrO2/c1-29(2,3)35-25(31)18-30-24-17-21(28(32)34-5)13-16-23(24)26(19-9-7-6-8-10-19)27(30)20-11-14-22(33-4)15-12-20;1-26-18-11-8-16(9-12-18)22-21(15-6-4-3-5-7-15)19-13-10-17(23(25)27-2)14-20(19)24-22;1-6(2,3)9-5(8)4-7/h11-17,19H,6-10,18H2,1-5H3;8-15,24H,3-7H2,1-2H3;4H2,1-3H3. The summed E-state index contributed by atoms with van der Waals surface area (Å²) in [5.41, 5.74) is 8.84. The maximum absolute atomic E-state index is 13.1. The summed E-state index contributed by atoms with van der Waals surface area (Å²) in [6, 6.07) is 27.6. The monoisotopic (exact) mass is 1030 g/mol. The van der Waals surface area contributed by atoms with Crippen LogP contribution in [0.2, 0.25) is 0 Å². The minimum Gasteiger partial charge on any atom is -0.497 e. The number of benzene rings is 4. The molecule has 2 aromatic heterocycles. The first-order valence-electron chi connectivity index (χ1n) is 24.6. The quantitative estimate of drug-likeness (QED) is 0.0756. The molecule has 0 amide bonds. The van der Waals surface area contributed by atoms with E-state index < -0.39 is 11.6 Å². The normalized spacial score (nSPS) is 14.4. The van der Waals surface area contributed by atoms with Crippen LogP contribution < -0.4 is 9.47 Å². The van der Waals surface area contributed by atoms with Crippen LogP contribution in [-0.4, -0.2) is 78.4 Å². The Labute approximate surface area is 427 Å². The van der Waals surface area contributed by atoms with Gasteiger partial charge in [-0.1, -0.05) is 66.6 Å². The zero-order valence-electron chi connectivity index (χ0n) is 43.1. The Morgan fingerprint density at radius 2 is 1.04 bits per heavy atom. The molecular formula is C58H71BrN2O10. The van der Waals surface area contributed by atoms with Crippen molar-refractivity contribution in [1.29, 1.82) is 0 Å². The SMILES string of the molecule is CC(C)(C)OC(=O)CBr.COC(=O)c1ccc2c(C3CCCCC3)c(-c3ccc(OC)cc3)[nH]c2c1.COC(=O)c1ccc2c(C3CCCCC3)c(-c3ccc(OC)cc3)n(CC(=O)OC(C)(C)C)c2c1. The van der Waals surface area contributed by atoms with Gasteiger partial charge < -0.3 is 38.0 Å². The highest BCUT2D eigenvalue weighted by Crippen LogP contribution is 2.46. The second kappa shape index (κ2) is 24.4. The Bertz CT molecular complexity index is 2760. The second-order valence-corrected chi connectivity index (χ2v) is 20.7. The number of rotatable bonds is 11. The lowest BCUT2D eigenvalue weighted by Gasteiger charge is -2.24. The number of aromatic nitrogens is 2. The molecule has 13 heteroatoms. The Hall–Kier alpha value is -6.08. The lowest BCUT2D eigenvalue weighted by molar-refractivity contribution is -0.155. The van der Waals surface area contributed by atoms with Gasteiger partial charge in [0.15, 0.2) is 0 Å².